The van der Waals surface area contributed by atoms with Crippen LogP contribution in [0.15, 0.2) is 24.3 Å². The lowest BCUT2D eigenvalue weighted by atomic mass is 9.93. The van der Waals surface area contributed by atoms with Gasteiger partial charge < -0.3 is 9.47 Å². The summed E-state index contributed by atoms with van der Waals surface area (Å²) < 4.78 is 13.5. The fourth-order valence-electron chi connectivity index (χ4n) is 4.33. The van der Waals surface area contributed by atoms with E-state index in [0.717, 1.165) is 36.7 Å². The van der Waals surface area contributed by atoms with Gasteiger partial charge in [0.25, 0.3) is 0 Å². The first-order chi connectivity index (χ1) is 12.7. The lowest BCUT2D eigenvalue weighted by Gasteiger charge is -2.30. The molecule has 2 aliphatic rings. The minimum Gasteiger partial charge on any atom is -0.379 e. The molecule has 140 valence electrons. The van der Waals surface area contributed by atoms with E-state index in [0.29, 0.717) is 18.6 Å². The molecule has 1 saturated heterocycles. The molecule has 5 nitrogen and oxygen atoms in total. The Kier molecular flexibility index (Phi) is 5.36. The zero-order valence-electron chi connectivity index (χ0n) is 15.9. The predicted octanol–water partition coefficient (Wildman–Crippen LogP) is 3.96. The van der Waals surface area contributed by atoms with E-state index in [-0.39, 0.29) is 6.10 Å². The van der Waals surface area contributed by atoms with Crippen molar-refractivity contribution in [3.05, 3.63) is 35.7 Å². The van der Waals surface area contributed by atoms with Crippen LogP contribution in [-0.2, 0) is 15.9 Å². The summed E-state index contributed by atoms with van der Waals surface area (Å²) in [5.41, 5.74) is 2.35. The Balaban J connectivity index is 1.65. The molecule has 2 fully saturated rings. The van der Waals surface area contributed by atoms with Gasteiger partial charge in [-0.2, -0.15) is 5.10 Å². The normalized spacial score (nSPS) is 24.2. The van der Waals surface area contributed by atoms with E-state index >= 15 is 0 Å². The van der Waals surface area contributed by atoms with Crippen molar-refractivity contribution < 1.29 is 9.47 Å². The van der Waals surface area contributed by atoms with Crippen molar-refractivity contribution in [3.8, 4) is 11.4 Å². The number of aryl methyl sites for hydroxylation is 1. The number of methoxy groups -OCH3 is 1. The lowest BCUT2D eigenvalue weighted by molar-refractivity contribution is -0.0657. The number of benzene rings is 1. The van der Waals surface area contributed by atoms with Gasteiger partial charge in [-0.1, -0.05) is 36.6 Å². The van der Waals surface area contributed by atoms with Crippen LogP contribution in [0.2, 0.25) is 0 Å². The highest BCUT2D eigenvalue weighted by Crippen LogP contribution is 2.32. The van der Waals surface area contributed by atoms with Crippen LogP contribution in [0.1, 0.15) is 49.5 Å². The van der Waals surface area contributed by atoms with Gasteiger partial charge >= 0.3 is 0 Å². The largest absolute Gasteiger partial charge is 0.379 e. The fourth-order valence-corrected chi connectivity index (χ4v) is 4.33. The first-order valence-corrected chi connectivity index (χ1v) is 9.87. The van der Waals surface area contributed by atoms with Gasteiger partial charge in [0, 0.05) is 25.7 Å². The maximum atomic E-state index is 5.67. The maximum Gasteiger partial charge on any atom is 0.181 e. The highest BCUT2D eigenvalue weighted by Gasteiger charge is 2.30. The monoisotopic (exact) mass is 355 g/mol. The van der Waals surface area contributed by atoms with Gasteiger partial charge in [0.2, 0.25) is 0 Å². The summed E-state index contributed by atoms with van der Waals surface area (Å²) in [4.78, 5) is 4.98. The number of nitrogens with zero attached hydrogens (tertiary/aromatic N) is 3. The molecule has 2 aromatic rings. The van der Waals surface area contributed by atoms with Crippen molar-refractivity contribution in [2.75, 3.05) is 20.3 Å². The second kappa shape index (κ2) is 7.89. The molecule has 1 saturated carbocycles. The predicted molar refractivity (Wildman–Crippen MR) is 101 cm³/mol. The van der Waals surface area contributed by atoms with Gasteiger partial charge in [0.05, 0.1) is 18.8 Å². The van der Waals surface area contributed by atoms with Gasteiger partial charge in [-0.15, -0.1) is 0 Å². The Morgan fingerprint density at radius 3 is 2.85 bits per heavy atom. The molecule has 0 N–H and O–H groups in total. The Hall–Kier alpha value is -1.72. The average Bonchev–Trinajstić information content (AvgIpc) is 3.32. The van der Waals surface area contributed by atoms with Gasteiger partial charge in [-0.25, -0.2) is 9.67 Å². The molecule has 1 aliphatic carbocycles. The molecule has 2 atom stereocenters. The number of aromatic nitrogens is 3. The third-order valence-corrected chi connectivity index (χ3v) is 5.84. The summed E-state index contributed by atoms with van der Waals surface area (Å²) in [6, 6.07) is 8.97. The summed E-state index contributed by atoms with van der Waals surface area (Å²) in [5.74, 6) is 2.42. The Morgan fingerprint density at radius 1 is 1.23 bits per heavy atom. The number of ether oxygens (including phenoxy) is 2. The van der Waals surface area contributed by atoms with Gasteiger partial charge in [-0.05, 0) is 38.2 Å². The third-order valence-electron chi connectivity index (χ3n) is 5.84. The highest BCUT2D eigenvalue weighted by atomic mass is 16.5. The van der Waals surface area contributed by atoms with Crippen molar-refractivity contribution in [1.82, 2.24) is 14.8 Å². The Morgan fingerprint density at radius 2 is 2.08 bits per heavy atom. The minimum atomic E-state index is 0.153. The van der Waals surface area contributed by atoms with Gasteiger partial charge in [0.15, 0.2) is 5.82 Å². The molecular formula is C21H29N3O2. The van der Waals surface area contributed by atoms with Crippen molar-refractivity contribution in [1.29, 1.82) is 0 Å². The fraction of sp³-hybridized carbons (Fsp3) is 0.619. The zero-order chi connectivity index (χ0) is 17.9. The molecule has 0 bridgehead atoms. The molecular weight excluding hydrogens is 326 g/mol. The standard InChI is InChI=1S/C21H29N3O2/c1-15-6-5-7-17(12-15)21-22-20(24(23-21)18-8-3-4-9-18)13-16-10-11-26-14-19(16)25-2/h5-7,12,16,18-19H,3-4,8-11,13-14H2,1-2H3. The molecule has 1 aromatic heterocycles. The minimum absolute atomic E-state index is 0.153. The van der Waals surface area contributed by atoms with Crippen molar-refractivity contribution in [3.63, 3.8) is 0 Å². The molecule has 2 unspecified atom stereocenters. The molecule has 26 heavy (non-hydrogen) atoms. The van der Waals surface area contributed by atoms with Crippen LogP contribution in [0.5, 0.6) is 0 Å². The van der Waals surface area contributed by atoms with E-state index < -0.39 is 0 Å². The van der Waals surface area contributed by atoms with Crippen LogP contribution in [0.25, 0.3) is 11.4 Å². The molecule has 2 heterocycles. The summed E-state index contributed by atoms with van der Waals surface area (Å²) in [5, 5.41) is 4.95. The van der Waals surface area contributed by atoms with E-state index in [1.807, 2.05) is 0 Å². The molecule has 1 aliphatic heterocycles. The SMILES string of the molecule is COC1COCCC1Cc1nc(-c2cccc(C)c2)nn1C1CCCC1. The van der Waals surface area contributed by atoms with E-state index in [1.54, 1.807) is 7.11 Å². The molecule has 0 radical (unpaired) electrons. The first kappa shape index (κ1) is 17.7. The molecule has 5 heteroatoms. The highest BCUT2D eigenvalue weighted by molar-refractivity contribution is 5.55. The summed E-state index contributed by atoms with van der Waals surface area (Å²) >= 11 is 0. The van der Waals surface area contributed by atoms with E-state index in [4.69, 9.17) is 19.6 Å². The van der Waals surface area contributed by atoms with E-state index in [2.05, 4.69) is 35.9 Å². The Labute approximate surface area is 155 Å². The van der Waals surface area contributed by atoms with Crippen molar-refractivity contribution in [2.45, 2.75) is 57.6 Å². The molecule has 0 spiro atoms. The van der Waals surface area contributed by atoms with Crippen molar-refractivity contribution >= 4 is 0 Å². The Bertz CT molecular complexity index is 737. The topological polar surface area (TPSA) is 49.2 Å². The maximum absolute atomic E-state index is 5.67. The molecule has 4 rings (SSSR count). The van der Waals surface area contributed by atoms with Gasteiger partial charge in [0.1, 0.15) is 5.82 Å². The van der Waals surface area contributed by atoms with Crippen LogP contribution < -0.4 is 0 Å². The smallest absolute Gasteiger partial charge is 0.181 e. The third kappa shape index (κ3) is 3.69. The van der Waals surface area contributed by atoms with Gasteiger partial charge in [-0.3, -0.25) is 0 Å². The number of hydrogen-bond acceptors (Lipinski definition) is 4. The number of rotatable bonds is 5. The molecule has 1 aromatic carbocycles. The zero-order valence-corrected chi connectivity index (χ0v) is 15.9. The summed E-state index contributed by atoms with van der Waals surface area (Å²) in [6.45, 7) is 3.61. The second-order valence-electron chi connectivity index (χ2n) is 7.71. The average molecular weight is 355 g/mol. The number of hydrogen-bond donors (Lipinski definition) is 0. The van der Waals surface area contributed by atoms with Crippen molar-refractivity contribution in [2.24, 2.45) is 5.92 Å². The first-order valence-electron chi connectivity index (χ1n) is 9.87. The van der Waals surface area contributed by atoms with Crippen LogP contribution in [0.3, 0.4) is 0 Å². The second-order valence-corrected chi connectivity index (χ2v) is 7.71. The van der Waals surface area contributed by atoms with E-state index in [1.165, 1.54) is 31.2 Å². The quantitative estimate of drug-likeness (QED) is 0.814. The summed E-state index contributed by atoms with van der Waals surface area (Å²) in [7, 11) is 1.78. The van der Waals surface area contributed by atoms with Crippen LogP contribution in [-0.4, -0.2) is 41.2 Å². The summed E-state index contributed by atoms with van der Waals surface area (Å²) in [6.07, 6.45) is 7.10. The lowest BCUT2D eigenvalue weighted by Crippen LogP contribution is -2.35. The van der Waals surface area contributed by atoms with E-state index in [9.17, 15) is 0 Å². The van der Waals surface area contributed by atoms with Crippen LogP contribution in [0.4, 0.5) is 0 Å². The molecule has 0 amide bonds. The van der Waals surface area contributed by atoms with Crippen LogP contribution >= 0.6 is 0 Å². The van der Waals surface area contributed by atoms with Crippen LogP contribution in [0, 0.1) is 12.8 Å².